The average Bonchev–Trinajstić information content (AvgIpc) is 3.23. The van der Waals surface area contributed by atoms with Crippen molar-refractivity contribution in [1.82, 2.24) is 15.1 Å². The molecule has 0 unspecified atom stereocenters. The molecule has 1 saturated heterocycles. The van der Waals surface area contributed by atoms with Gasteiger partial charge in [-0.1, -0.05) is 24.3 Å². The molecule has 1 aliphatic heterocycles. The lowest BCUT2D eigenvalue weighted by Crippen LogP contribution is -2.42. The molecule has 0 aliphatic carbocycles. The van der Waals surface area contributed by atoms with Crippen LogP contribution in [0.2, 0.25) is 0 Å². The Labute approximate surface area is 183 Å². The molecule has 0 spiro atoms. The van der Waals surface area contributed by atoms with E-state index in [4.69, 9.17) is 15.2 Å². The fourth-order valence-electron chi connectivity index (χ4n) is 3.84. The number of anilines is 2. The zero-order chi connectivity index (χ0) is 21.5. The monoisotopic (exact) mass is 421 g/mol. The standard InChI is InChI=1S/C24H31N5O2/c1-30-15-14-29(11-10-28-12-16-31-17-13-28)20-7-8-22(25)19(18-20)6-9-24-21-4-2-3-5-23(21)26-27-24/h2-9,18H,10-17,25H2,1H3,(H,26,27). The number of benzene rings is 2. The van der Waals surface area contributed by atoms with Gasteiger partial charge in [-0.25, -0.2) is 0 Å². The number of hydrogen-bond acceptors (Lipinski definition) is 6. The largest absolute Gasteiger partial charge is 0.398 e. The van der Waals surface area contributed by atoms with Crippen molar-refractivity contribution >= 4 is 34.4 Å². The van der Waals surface area contributed by atoms with Gasteiger partial charge in [0.2, 0.25) is 0 Å². The van der Waals surface area contributed by atoms with Crippen molar-refractivity contribution in [3.63, 3.8) is 0 Å². The van der Waals surface area contributed by atoms with Crippen LogP contribution in [-0.4, -0.2) is 74.8 Å². The summed E-state index contributed by atoms with van der Waals surface area (Å²) in [5, 5.41) is 8.59. The number of hydrogen-bond donors (Lipinski definition) is 2. The second-order valence-electron chi connectivity index (χ2n) is 7.73. The van der Waals surface area contributed by atoms with E-state index in [1.54, 1.807) is 7.11 Å². The second kappa shape index (κ2) is 10.4. The zero-order valence-corrected chi connectivity index (χ0v) is 18.1. The van der Waals surface area contributed by atoms with Crippen LogP contribution in [0, 0.1) is 0 Å². The van der Waals surface area contributed by atoms with Crippen LogP contribution >= 0.6 is 0 Å². The van der Waals surface area contributed by atoms with Crippen molar-refractivity contribution in [2.75, 3.05) is 70.3 Å². The fourth-order valence-corrected chi connectivity index (χ4v) is 3.84. The average molecular weight is 422 g/mol. The maximum Gasteiger partial charge on any atom is 0.0927 e. The van der Waals surface area contributed by atoms with Gasteiger partial charge in [-0.2, -0.15) is 5.10 Å². The molecule has 4 rings (SSSR count). The molecule has 2 aromatic carbocycles. The Morgan fingerprint density at radius 2 is 2.00 bits per heavy atom. The minimum atomic E-state index is 0.678. The van der Waals surface area contributed by atoms with Crippen LogP contribution in [0.1, 0.15) is 11.3 Å². The summed E-state index contributed by atoms with van der Waals surface area (Å²) >= 11 is 0. The van der Waals surface area contributed by atoms with Gasteiger partial charge in [-0.05, 0) is 35.9 Å². The first kappa shape index (κ1) is 21.4. The molecule has 164 valence electrons. The van der Waals surface area contributed by atoms with Crippen LogP contribution in [0.15, 0.2) is 42.5 Å². The number of aromatic amines is 1. The lowest BCUT2D eigenvalue weighted by Gasteiger charge is -2.31. The van der Waals surface area contributed by atoms with E-state index in [1.807, 2.05) is 36.4 Å². The number of nitrogens with two attached hydrogens (primary N) is 1. The van der Waals surface area contributed by atoms with Gasteiger partial charge in [0.15, 0.2) is 0 Å². The second-order valence-corrected chi connectivity index (χ2v) is 7.73. The van der Waals surface area contributed by atoms with E-state index in [-0.39, 0.29) is 0 Å². The topological polar surface area (TPSA) is 79.6 Å². The normalized spacial score (nSPS) is 15.1. The molecule has 0 saturated carbocycles. The Morgan fingerprint density at radius 1 is 1.16 bits per heavy atom. The predicted octanol–water partition coefficient (Wildman–Crippen LogP) is 3.10. The first-order valence-electron chi connectivity index (χ1n) is 10.8. The first-order valence-corrected chi connectivity index (χ1v) is 10.8. The van der Waals surface area contributed by atoms with Gasteiger partial charge in [0.25, 0.3) is 0 Å². The van der Waals surface area contributed by atoms with Gasteiger partial charge < -0.3 is 20.1 Å². The van der Waals surface area contributed by atoms with Gasteiger partial charge in [-0.3, -0.25) is 10.00 Å². The van der Waals surface area contributed by atoms with E-state index in [0.717, 1.165) is 79.5 Å². The third-order valence-corrected chi connectivity index (χ3v) is 5.71. The number of H-pyrrole nitrogens is 1. The van der Waals surface area contributed by atoms with Crippen molar-refractivity contribution in [2.45, 2.75) is 0 Å². The Kier molecular flexibility index (Phi) is 7.19. The van der Waals surface area contributed by atoms with Gasteiger partial charge in [-0.15, -0.1) is 0 Å². The molecule has 3 aromatic rings. The molecule has 2 heterocycles. The third-order valence-electron chi connectivity index (χ3n) is 5.71. The highest BCUT2D eigenvalue weighted by Crippen LogP contribution is 2.24. The summed E-state index contributed by atoms with van der Waals surface area (Å²) in [5.74, 6) is 0. The van der Waals surface area contributed by atoms with E-state index in [1.165, 1.54) is 0 Å². The summed E-state index contributed by atoms with van der Waals surface area (Å²) in [7, 11) is 1.74. The fraction of sp³-hybridized carbons (Fsp3) is 0.375. The van der Waals surface area contributed by atoms with Crippen LogP contribution in [-0.2, 0) is 9.47 Å². The number of methoxy groups -OCH3 is 1. The number of para-hydroxylation sites is 1. The molecule has 1 aromatic heterocycles. The summed E-state index contributed by atoms with van der Waals surface area (Å²) in [6.07, 6.45) is 4.06. The minimum absolute atomic E-state index is 0.678. The Hall–Kier alpha value is -2.87. The van der Waals surface area contributed by atoms with Crippen LogP contribution in [0.4, 0.5) is 11.4 Å². The number of ether oxygens (including phenoxy) is 2. The summed E-state index contributed by atoms with van der Waals surface area (Å²) in [4.78, 5) is 4.81. The predicted molar refractivity (Wildman–Crippen MR) is 127 cm³/mol. The van der Waals surface area contributed by atoms with E-state index in [9.17, 15) is 0 Å². The SMILES string of the molecule is COCCN(CCN1CCOCC1)c1ccc(N)c(C=Cc2n[nH]c3ccccc23)c1. The van der Waals surface area contributed by atoms with Gasteiger partial charge in [0, 0.05) is 56.6 Å². The quantitative estimate of drug-likeness (QED) is 0.517. The van der Waals surface area contributed by atoms with Crippen molar-refractivity contribution < 1.29 is 9.47 Å². The number of nitrogens with one attached hydrogen (secondary N) is 1. The lowest BCUT2D eigenvalue weighted by atomic mass is 10.1. The van der Waals surface area contributed by atoms with Crippen molar-refractivity contribution in [3.8, 4) is 0 Å². The van der Waals surface area contributed by atoms with Crippen molar-refractivity contribution in [3.05, 3.63) is 53.7 Å². The Balaban J connectivity index is 1.52. The van der Waals surface area contributed by atoms with Gasteiger partial charge in [0.05, 0.1) is 31.0 Å². The summed E-state index contributed by atoms with van der Waals surface area (Å²) in [6.45, 7) is 7.06. The molecular weight excluding hydrogens is 390 g/mol. The number of nitrogen functional groups attached to an aromatic ring is 1. The highest BCUT2D eigenvalue weighted by atomic mass is 16.5. The third kappa shape index (κ3) is 5.44. The number of rotatable bonds is 9. The number of fused-ring (bicyclic) bond motifs is 1. The number of aromatic nitrogens is 2. The van der Waals surface area contributed by atoms with E-state index in [2.05, 4.69) is 38.2 Å². The van der Waals surface area contributed by atoms with Crippen LogP contribution in [0.25, 0.3) is 23.1 Å². The van der Waals surface area contributed by atoms with Crippen molar-refractivity contribution in [2.24, 2.45) is 0 Å². The Morgan fingerprint density at radius 3 is 2.84 bits per heavy atom. The maximum absolute atomic E-state index is 6.29. The molecule has 1 aliphatic rings. The van der Waals surface area contributed by atoms with Crippen LogP contribution in [0.3, 0.4) is 0 Å². The minimum Gasteiger partial charge on any atom is -0.398 e. The summed E-state index contributed by atoms with van der Waals surface area (Å²) in [6, 6.07) is 14.3. The molecule has 7 nitrogen and oxygen atoms in total. The summed E-state index contributed by atoms with van der Waals surface area (Å²) < 4.78 is 10.8. The molecule has 0 bridgehead atoms. The zero-order valence-electron chi connectivity index (χ0n) is 18.1. The molecule has 0 radical (unpaired) electrons. The lowest BCUT2D eigenvalue weighted by molar-refractivity contribution is 0.0390. The van der Waals surface area contributed by atoms with E-state index >= 15 is 0 Å². The Bertz CT molecular complexity index is 1010. The molecule has 3 N–H and O–H groups in total. The molecule has 7 heteroatoms. The van der Waals surface area contributed by atoms with Gasteiger partial charge in [0.1, 0.15) is 0 Å². The highest BCUT2D eigenvalue weighted by molar-refractivity contribution is 5.90. The highest BCUT2D eigenvalue weighted by Gasteiger charge is 2.14. The molecule has 0 amide bonds. The van der Waals surface area contributed by atoms with Crippen LogP contribution in [0.5, 0.6) is 0 Å². The van der Waals surface area contributed by atoms with Crippen LogP contribution < -0.4 is 10.6 Å². The summed E-state index contributed by atoms with van der Waals surface area (Å²) in [5.41, 5.74) is 11.1. The van der Waals surface area contributed by atoms with Gasteiger partial charge >= 0.3 is 0 Å². The number of nitrogens with zero attached hydrogens (tertiary/aromatic N) is 3. The molecule has 0 atom stereocenters. The first-order chi connectivity index (χ1) is 15.2. The molecule has 1 fully saturated rings. The van der Waals surface area contributed by atoms with Crippen molar-refractivity contribution in [1.29, 1.82) is 0 Å². The van der Waals surface area contributed by atoms with E-state index in [0.29, 0.717) is 6.61 Å². The molecule has 31 heavy (non-hydrogen) atoms. The maximum atomic E-state index is 6.29. The molecular formula is C24H31N5O2. The smallest absolute Gasteiger partial charge is 0.0927 e. The number of morpholine rings is 1. The van der Waals surface area contributed by atoms with E-state index < -0.39 is 0 Å².